The number of thiophene rings is 1. The number of nitrogens with one attached hydrogen (secondary N) is 2. The zero-order chi connectivity index (χ0) is 20.7. The van der Waals surface area contributed by atoms with Gasteiger partial charge in [-0.3, -0.25) is 0 Å². The SMILES string of the molecule is CCNC(=NCc1ccc(C)cc1SC)NCc1ccc(S(=O)(=O)N(C)C)s1. The van der Waals surface area contributed by atoms with Crippen LogP contribution in [0.1, 0.15) is 22.9 Å². The molecular formula is C19H28N4O2S3. The fourth-order valence-corrected chi connectivity index (χ4v) is 5.59. The van der Waals surface area contributed by atoms with E-state index in [2.05, 4.69) is 47.0 Å². The first-order valence-corrected chi connectivity index (χ1v) is 12.4. The lowest BCUT2D eigenvalue weighted by Gasteiger charge is -2.12. The summed E-state index contributed by atoms with van der Waals surface area (Å²) in [7, 11) is -0.309. The summed E-state index contributed by atoms with van der Waals surface area (Å²) in [5.41, 5.74) is 2.43. The summed E-state index contributed by atoms with van der Waals surface area (Å²) < 4.78 is 26.0. The number of rotatable bonds is 8. The highest BCUT2D eigenvalue weighted by molar-refractivity contribution is 7.98. The van der Waals surface area contributed by atoms with Crippen LogP contribution < -0.4 is 10.6 Å². The van der Waals surface area contributed by atoms with E-state index in [0.29, 0.717) is 23.3 Å². The summed E-state index contributed by atoms with van der Waals surface area (Å²) in [6, 6.07) is 9.88. The van der Waals surface area contributed by atoms with Crippen LogP contribution in [-0.2, 0) is 23.1 Å². The van der Waals surface area contributed by atoms with E-state index in [1.165, 1.54) is 45.8 Å². The first-order chi connectivity index (χ1) is 13.3. The minimum Gasteiger partial charge on any atom is -0.357 e. The molecule has 0 aliphatic heterocycles. The number of guanidine groups is 1. The molecule has 9 heteroatoms. The zero-order valence-corrected chi connectivity index (χ0v) is 19.4. The molecule has 0 aliphatic carbocycles. The van der Waals surface area contributed by atoms with Gasteiger partial charge in [0.15, 0.2) is 5.96 Å². The molecule has 0 saturated heterocycles. The van der Waals surface area contributed by atoms with Crippen molar-refractivity contribution in [3.05, 3.63) is 46.3 Å². The molecular weight excluding hydrogens is 412 g/mol. The Bertz CT molecular complexity index is 921. The van der Waals surface area contributed by atoms with Crippen LogP contribution in [-0.4, -0.2) is 45.6 Å². The van der Waals surface area contributed by atoms with E-state index < -0.39 is 10.0 Å². The first kappa shape index (κ1) is 22.7. The van der Waals surface area contributed by atoms with E-state index >= 15 is 0 Å². The van der Waals surface area contributed by atoms with Gasteiger partial charge in [-0.2, -0.15) is 0 Å². The van der Waals surface area contributed by atoms with Gasteiger partial charge in [-0.05, 0) is 49.4 Å². The maximum Gasteiger partial charge on any atom is 0.252 e. The summed E-state index contributed by atoms with van der Waals surface area (Å²) in [6.07, 6.45) is 2.07. The fourth-order valence-electron chi connectivity index (χ4n) is 2.43. The third-order valence-corrected chi connectivity index (χ3v) is 8.18. The van der Waals surface area contributed by atoms with Crippen LogP contribution >= 0.6 is 23.1 Å². The topological polar surface area (TPSA) is 73.8 Å². The van der Waals surface area contributed by atoms with Crippen molar-refractivity contribution in [2.45, 2.75) is 36.0 Å². The highest BCUT2D eigenvalue weighted by Gasteiger charge is 2.19. The Kier molecular flexibility index (Phi) is 8.36. The number of aliphatic imine (C=N–C) groups is 1. The Morgan fingerprint density at radius 1 is 1.21 bits per heavy atom. The average Bonchev–Trinajstić information content (AvgIpc) is 3.14. The molecule has 1 aromatic heterocycles. The molecule has 0 amide bonds. The molecule has 0 atom stereocenters. The van der Waals surface area contributed by atoms with Crippen molar-refractivity contribution >= 4 is 39.1 Å². The Labute approximate surface area is 176 Å². The molecule has 0 bridgehead atoms. The van der Waals surface area contributed by atoms with Crippen LogP contribution in [0.2, 0.25) is 0 Å². The van der Waals surface area contributed by atoms with Gasteiger partial charge in [0.05, 0.1) is 13.1 Å². The third-order valence-electron chi connectivity index (χ3n) is 4.00. The van der Waals surface area contributed by atoms with E-state index in [-0.39, 0.29) is 0 Å². The maximum absolute atomic E-state index is 12.2. The molecule has 2 N–H and O–H groups in total. The van der Waals surface area contributed by atoms with Crippen molar-refractivity contribution in [1.82, 2.24) is 14.9 Å². The molecule has 1 heterocycles. The van der Waals surface area contributed by atoms with Crippen LogP contribution in [0.3, 0.4) is 0 Å². The minimum absolute atomic E-state index is 0.348. The van der Waals surface area contributed by atoms with Crippen molar-refractivity contribution < 1.29 is 8.42 Å². The highest BCUT2D eigenvalue weighted by atomic mass is 32.2. The third kappa shape index (κ3) is 5.97. The average molecular weight is 441 g/mol. The van der Waals surface area contributed by atoms with Crippen molar-refractivity contribution in [2.24, 2.45) is 4.99 Å². The Morgan fingerprint density at radius 3 is 2.61 bits per heavy atom. The van der Waals surface area contributed by atoms with Gasteiger partial charge >= 0.3 is 0 Å². The van der Waals surface area contributed by atoms with Crippen molar-refractivity contribution in [3.8, 4) is 0 Å². The second-order valence-electron chi connectivity index (χ2n) is 6.37. The Morgan fingerprint density at radius 2 is 1.96 bits per heavy atom. The Balaban J connectivity index is 2.07. The molecule has 154 valence electrons. The number of benzene rings is 1. The summed E-state index contributed by atoms with van der Waals surface area (Å²) in [5.74, 6) is 0.709. The van der Waals surface area contributed by atoms with Gasteiger partial charge in [0.2, 0.25) is 0 Å². The van der Waals surface area contributed by atoms with Gasteiger partial charge in [-0.15, -0.1) is 23.1 Å². The molecule has 28 heavy (non-hydrogen) atoms. The summed E-state index contributed by atoms with van der Waals surface area (Å²) in [6.45, 7) is 5.95. The van der Waals surface area contributed by atoms with Crippen LogP contribution in [0.15, 0.2) is 44.4 Å². The summed E-state index contributed by atoms with van der Waals surface area (Å²) in [5, 5.41) is 6.52. The molecule has 0 spiro atoms. The second-order valence-corrected chi connectivity index (χ2v) is 10.8. The van der Waals surface area contributed by atoms with Gasteiger partial charge in [-0.1, -0.05) is 12.1 Å². The van der Waals surface area contributed by atoms with E-state index in [9.17, 15) is 8.42 Å². The van der Waals surface area contributed by atoms with Crippen LogP contribution in [0.25, 0.3) is 0 Å². The molecule has 6 nitrogen and oxygen atoms in total. The molecule has 0 aliphatic rings. The van der Waals surface area contributed by atoms with Crippen LogP contribution in [0, 0.1) is 6.92 Å². The fraction of sp³-hybridized carbons (Fsp3) is 0.421. The van der Waals surface area contributed by atoms with Gasteiger partial charge in [0.25, 0.3) is 10.0 Å². The van der Waals surface area contributed by atoms with Crippen molar-refractivity contribution in [2.75, 3.05) is 26.9 Å². The van der Waals surface area contributed by atoms with Crippen LogP contribution in [0.5, 0.6) is 0 Å². The molecule has 2 aromatic rings. The minimum atomic E-state index is -3.39. The second kappa shape index (κ2) is 10.3. The quantitative estimate of drug-likeness (QED) is 0.374. The molecule has 0 saturated carbocycles. The molecule has 0 unspecified atom stereocenters. The van der Waals surface area contributed by atoms with E-state index in [0.717, 1.165) is 11.4 Å². The standard InChI is InChI=1S/C19H28N4O2S3/c1-6-20-19(21-12-15-8-7-14(2)11-17(15)26-5)22-13-16-9-10-18(27-16)28(24,25)23(3)4/h7-11H,6,12-13H2,1-5H3,(H2,20,21,22). The largest absolute Gasteiger partial charge is 0.357 e. The first-order valence-electron chi connectivity index (χ1n) is 8.94. The van der Waals surface area contributed by atoms with Crippen molar-refractivity contribution in [3.63, 3.8) is 0 Å². The highest BCUT2D eigenvalue weighted by Crippen LogP contribution is 2.24. The van der Waals surface area contributed by atoms with Gasteiger partial charge < -0.3 is 10.6 Å². The van der Waals surface area contributed by atoms with Crippen molar-refractivity contribution in [1.29, 1.82) is 0 Å². The summed E-state index contributed by atoms with van der Waals surface area (Å²) >= 11 is 2.99. The van der Waals surface area contributed by atoms with E-state index in [4.69, 9.17) is 0 Å². The number of hydrogen-bond acceptors (Lipinski definition) is 5. The lowest BCUT2D eigenvalue weighted by atomic mass is 10.1. The smallest absolute Gasteiger partial charge is 0.252 e. The molecule has 0 radical (unpaired) electrons. The maximum atomic E-state index is 12.2. The number of nitrogens with zero attached hydrogens (tertiary/aromatic N) is 2. The van der Waals surface area contributed by atoms with E-state index in [1.54, 1.807) is 17.8 Å². The molecule has 0 fully saturated rings. The van der Waals surface area contributed by atoms with Gasteiger partial charge in [-0.25, -0.2) is 17.7 Å². The normalized spacial score (nSPS) is 12.4. The monoisotopic (exact) mass is 440 g/mol. The molecule has 2 rings (SSSR count). The predicted molar refractivity (Wildman–Crippen MR) is 120 cm³/mol. The van der Waals surface area contributed by atoms with Crippen LogP contribution in [0.4, 0.5) is 0 Å². The Hall–Kier alpha value is -1.55. The van der Waals surface area contributed by atoms with Gasteiger partial charge in [0.1, 0.15) is 4.21 Å². The predicted octanol–water partition coefficient (Wildman–Crippen LogP) is 3.28. The number of sulfonamides is 1. The lowest BCUT2D eigenvalue weighted by molar-refractivity contribution is 0.523. The molecule has 1 aromatic carbocycles. The number of hydrogen-bond donors (Lipinski definition) is 2. The lowest BCUT2D eigenvalue weighted by Crippen LogP contribution is -2.36. The zero-order valence-electron chi connectivity index (χ0n) is 16.9. The summed E-state index contributed by atoms with van der Waals surface area (Å²) in [4.78, 5) is 6.85. The number of aryl methyl sites for hydroxylation is 1. The number of thioether (sulfide) groups is 1. The van der Waals surface area contributed by atoms with E-state index in [1.807, 2.05) is 13.0 Å². The van der Waals surface area contributed by atoms with Gasteiger partial charge in [0, 0.05) is 30.4 Å².